The highest BCUT2D eigenvalue weighted by atomic mass is 16.5. The molecule has 3 saturated carbocycles. The molecule has 0 saturated heterocycles. The molecule has 100 valence electrons. The molecule has 0 heterocycles. The molecule has 4 heteroatoms. The van der Waals surface area contributed by atoms with E-state index in [-0.39, 0.29) is 29.8 Å². The van der Waals surface area contributed by atoms with E-state index in [1.807, 2.05) is 0 Å². The van der Waals surface area contributed by atoms with E-state index < -0.39 is 0 Å². The molecular formula is C14H21NO3. The second-order valence-electron chi connectivity index (χ2n) is 6.24. The molecule has 1 amide bonds. The van der Waals surface area contributed by atoms with Gasteiger partial charge in [0.2, 0.25) is 5.91 Å². The maximum absolute atomic E-state index is 12.0. The summed E-state index contributed by atoms with van der Waals surface area (Å²) in [6.07, 6.45) is 4.32. The molecule has 18 heavy (non-hydrogen) atoms. The molecule has 1 N–H and O–H groups in total. The number of amides is 1. The molecule has 0 aromatic carbocycles. The van der Waals surface area contributed by atoms with E-state index in [0.717, 1.165) is 25.7 Å². The summed E-state index contributed by atoms with van der Waals surface area (Å²) in [4.78, 5) is 23.9. The first-order valence-electron chi connectivity index (χ1n) is 7.00. The highest BCUT2D eigenvalue weighted by molar-refractivity contribution is 5.83. The van der Waals surface area contributed by atoms with Gasteiger partial charge in [-0.3, -0.25) is 9.59 Å². The Labute approximate surface area is 107 Å². The molecule has 0 aromatic heterocycles. The van der Waals surface area contributed by atoms with Gasteiger partial charge < -0.3 is 10.1 Å². The summed E-state index contributed by atoms with van der Waals surface area (Å²) in [6, 6.07) is 0.0245. The van der Waals surface area contributed by atoms with Crippen LogP contribution in [0, 0.1) is 29.6 Å². The number of hydrogen-bond acceptors (Lipinski definition) is 3. The Morgan fingerprint density at radius 3 is 2.44 bits per heavy atom. The molecule has 3 rings (SSSR count). The van der Waals surface area contributed by atoms with E-state index >= 15 is 0 Å². The third-order valence-electron chi connectivity index (χ3n) is 5.14. The number of nitrogens with one attached hydrogen (secondary N) is 1. The van der Waals surface area contributed by atoms with Crippen LogP contribution in [-0.2, 0) is 14.3 Å². The number of carbonyl (C=O) groups is 2. The van der Waals surface area contributed by atoms with Crippen molar-refractivity contribution in [3.63, 3.8) is 0 Å². The summed E-state index contributed by atoms with van der Waals surface area (Å²) in [5.41, 5.74) is 0. The lowest BCUT2D eigenvalue weighted by atomic mass is 9.84. The molecule has 0 radical (unpaired) electrons. The molecule has 2 bridgehead atoms. The Hall–Kier alpha value is -1.06. The van der Waals surface area contributed by atoms with Crippen LogP contribution in [0.4, 0.5) is 0 Å². The van der Waals surface area contributed by atoms with Crippen LogP contribution in [0.25, 0.3) is 0 Å². The monoisotopic (exact) mass is 251 g/mol. The fraction of sp³-hybridized carbons (Fsp3) is 0.857. The molecule has 0 aromatic rings. The number of hydrogen-bond donors (Lipinski definition) is 1. The topological polar surface area (TPSA) is 55.4 Å². The van der Waals surface area contributed by atoms with Gasteiger partial charge in [0, 0.05) is 12.0 Å². The fourth-order valence-corrected chi connectivity index (χ4v) is 3.93. The lowest BCUT2D eigenvalue weighted by molar-refractivity contribution is -0.148. The number of ether oxygens (including phenoxy) is 1. The van der Waals surface area contributed by atoms with Gasteiger partial charge in [-0.1, -0.05) is 6.92 Å². The van der Waals surface area contributed by atoms with Crippen molar-refractivity contribution in [3.8, 4) is 0 Å². The van der Waals surface area contributed by atoms with Crippen molar-refractivity contribution in [3.05, 3.63) is 0 Å². The Balaban J connectivity index is 1.69. The van der Waals surface area contributed by atoms with Gasteiger partial charge in [-0.25, -0.2) is 0 Å². The van der Waals surface area contributed by atoms with Crippen LogP contribution in [0.3, 0.4) is 0 Å². The van der Waals surface area contributed by atoms with E-state index in [9.17, 15) is 9.59 Å². The molecule has 6 unspecified atom stereocenters. The summed E-state index contributed by atoms with van der Waals surface area (Å²) in [6.45, 7) is 2.10. The second kappa shape index (κ2) is 4.25. The van der Waals surface area contributed by atoms with E-state index in [4.69, 9.17) is 4.74 Å². The van der Waals surface area contributed by atoms with Crippen LogP contribution in [-0.4, -0.2) is 25.0 Å². The van der Waals surface area contributed by atoms with Crippen molar-refractivity contribution in [1.82, 2.24) is 5.32 Å². The molecule has 6 atom stereocenters. The number of carbonyl (C=O) groups excluding carboxylic acids is 2. The SMILES string of the molecule is COC(=O)C1C2CCC(C2)C1NC(=O)C1CC1C. The molecule has 4 nitrogen and oxygen atoms in total. The number of fused-ring (bicyclic) bond motifs is 2. The summed E-state index contributed by atoms with van der Waals surface area (Å²) in [5.74, 6) is 1.50. The van der Waals surface area contributed by atoms with Crippen molar-refractivity contribution < 1.29 is 14.3 Å². The molecule has 3 aliphatic carbocycles. The van der Waals surface area contributed by atoms with Crippen LogP contribution in [0.5, 0.6) is 0 Å². The zero-order valence-corrected chi connectivity index (χ0v) is 11.0. The Morgan fingerprint density at radius 1 is 1.17 bits per heavy atom. The Kier molecular flexibility index (Phi) is 2.83. The van der Waals surface area contributed by atoms with Crippen molar-refractivity contribution >= 4 is 11.9 Å². The maximum atomic E-state index is 12.0. The first-order valence-corrected chi connectivity index (χ1v) is 7.00. The van der Waals surface area contributed by atoms with Crippen LogP contribution >= 0.6 is 0 Å². The molecule has 3 fully saturated rings. The van der Waals surface area contributed by atoms with Crippen LogP contribution in [0.15, 0.2) is 0 Å². The minimum Gasteiger partial charge on any atom is -0.469 e. The summed E-state index contributed by atoms with van der Waals surface area (Å²) in [5, 5.41) is 3.13. The van der Waals surface area contributed by atoms with Crippen molar-refractivity contribution in [1.29, 1.82) is 0 Å². The lowest BCUT2D eigenvalue weighted by Crippen LogP contribution is -2.47. The third-order valence-corrected chi connectivity index (χ3v) is 5.14. The largest absolute Gasteiger partial charge is 0.469 e. The van der Waals surface area contributed by atoms with Crippen molar-refractivity contribution in [2.75, 3.05) is 7.11 Å². The molecule has 0 aliphatic heterocycles. The molecule has 3 aliphatic rings. The van der Waals surface area contributed by atoms with Crippen molar-refractivity contribution in [2.45, 2.75) is 38.6 Å². The summed E-state index contributed by atoms with van der Waals surface area (Å²) >= 11 is 0. The third kappa shape index (κ3) is 1.82. The standard InChI is InChI=1S/C14H21NO3/c1-7-5-10(7)13(16)15-12-9-4-3-8(6-9)11(12)14(17)18-2/h7-12H,3-6H2,1-2H3,(H,15,16). The summed E-state index contributed by atoms with van der Waals surface area (Å²) in [7, 11) is 1.44. The van der Waals surface area contributed by atoms with Crippen LogP contribution in [0.2, 0.25) is 0 Å². The summed E-state index contributed by atoms with van der Waals surface area (Å²) < 4.78 is 4.91. The van der Waals surface area contributed by atoms with Gasteiger partial charge in [0.25, 0.3) is 0 Å². The smallest absolute Gasteiger partial charge is 0.311 e. The first-order chi connectivity index (χ1) is 8.61. The van der Waals surface area contributed by atoms with Crippen LogP contribution < -0.4 is 5.32 Å². The maximum Gasteiger partial charge on any atom is 0.311 e. The second-order valence-corrected chi connectivity index (χ2v) is 6.24. The number of esters is 1. The van der Waals surface area contributed by atoms with Crippen LogP contribution in [0.1, 0.15) is 32.6 Å². The zero-order valence-electron chi connectivity index (χ0n) is 11.0. The van der Waals surface area contributed by atoms with E-state index in [1.54, 1.807) is 0 Å². The number of rotatable bonds is 3. The van der Waals surface area contributed by atoms with Gasteiger partial charge in [0.1, 0.15) is 0 Å². The van der Waals surface area contributed by atoms with Crippen molar-refractivity contribution in [2.24, 2.45) is 29.6 Å². The quantitative estimate of drug-likeness (QED) is 0.770. The average molecular weight is 251 g/mol. The zero-order chi connectivity index (χ0) is 12.9. The predicted octanol–water partition coefficient (Wildman–Crippen LogP) is 1.35. The number of methoxy groups -OCH3 is 1. The van der Waals surface area contributed by atoms with Gasteiger partial charge >= 0.3 is 5.97 Å². The van der Waals surface area contributed by atoms with Gasteiger partial charge in [-0.2, -0.15) is 0 Å². The normalized spacial score (nSPS) is 44.8. The van der Waals surface area contributed by atoms with Gasteiger partial charge in [0.05, 0.1) is 13.0 Å². The van der Waals surface area contributed by atoms with Gasteiger partial charge in [-0.05, 0) is 43.4 Å². The van der Waals surface area contributed by atoms with E-state index in [0.29, 0.717) is 17.8 Å². The Bertz CT molecular complexity index is 381. The lowest BCUT2D eigenvalue weighted by Gasteiger charge is -2.29. The van der Waals surface area contributed by atoms with E-state index in [1.165, 1.54) is 7.11 Å². The molecular weight excluding hydrogens is 230 g/mol. The fourth-order valence-electron chi connectivity index (χ4n) is 3.93. The van der Waals surface area contributed by atoms with E-state index in [2.05, 4.69) is 12.2 Å². The highest BCUT2D eigenvalue weighted by Crippen LogP contribution is 2.49. The molecule has 0 spiro atoms. The average Bonchev–Trinajstić information content (AvgIpc) is 2.80. The predicted molar refractivity (Wildman–Crippen MR) is 65.5 cm³/mol. The highest BCUT2D eigenvalue weighted by Gasteiger charge is 2.53. The minimum atomic E-state index is -0.142. The van der Waals surface area contributed by atoms with Gasteiger partial charge in [0.15, 0.2) is 0 Å². The van der Waals surface area contributed by atoms with Gasteiger partial charge in [-0.15, -0.1) is 0 Å². The minimum absolute atomic E-state index is 0.0245. The first kappa shape index (κ1) is 12.0. The Morgan fingerprint density at radius 2 is 1.83 bits per heavy atom.